The summed E-state index contributed by atoms with van der Waals surface area (Å²) in [6.07, 6.45) is 0. The summed E-state index contributed by atoms with van der Waals surface area (Å²) < 4.78 is 2.30. The first-order chi connectivity index (χ1) is 10.1. The van der Waals surface area contributed by atoms with Gasteiger partial charge in [-0.05, 0) is 32.6 Å². The molecule has 1 aliphatic rings. The third kappa shape index (κ3) is 2.80. The molecule has 0 bridgehead atoms. The number of aryl methyl sites for hydroxylation is 1. The number of aromatic nitrogens is 2. The van der Waals surface area contributed by atoms with Gasteiger partial charge < -0.3 is 9.47 Å². The summed E-state index contributed by atoms with van der Waals surface area (Å²) in [5, 5.41) is 0. The first-order valence-corrected chi connectivity index (χ1v) is 8.03. The number of benzene rings is 1. The van der Waals surface area contributed by atoms with Crippen LogP contribution in [-0.4, -0.2) is 59.1 Å². The van der Waals surface area contributed by atoms with E-state index in [2.05, 4.69) is 53.6 Å². The van der Waals surface area contributed by atoms with E-state index in [1.165, 1.54) is 11.1 Å². The Hall–Kier alpha value is -1.10. The molecule has 2 aromatic rings. The molecule has 0 radical (unpaired) electrons. The Morgan fingerprint density at radius 1 is 1.29 bits per heavy atom. The van der Waals surface area contributed by atoms with Gasteiger partial charge in [0.25, 0.3) is 0 Å². The lowest BCUT2D eigenvalue weighted by Crippen LogP contribution is -2.51. The number of alkyl halides is 1. The highest BCUT2D eigenvalue weighted by Gasteiger charge is 2.24. The van der Waals surface area contributed by atoms with Crippen LogP contribution in [0, 0.1) is 6.92 Å². The zero-order valence-electron chi connectivity index (χ0n) is 13.0. The number of para-hydroxylation sites is 1. The monoisotopic (exact) mass is 306 g/mol. The predicted molar refractivity (Wildman–Crippen MR) is 87.9 cm³/mol. The van der Waals surface area contributed by atoms with Crippen LogP contribution < -0.4 is 0 Å². The van der Waals surface area contributed by atoms with Crippen LogP contribution in [0.25, 0.3) is 11.0 Å². The first kappa shape index (κ1) is 14.8. The Labute approximate surface area is 131 Å². The van der Waals surface area contributed by atoms with Crippen molar-refractivity contribution >= 4 is 22.6 Å². The molecule has 0 saturated carbocycles. The Morgan fingerprint density at radius 3 is 2.86 bits per heavy atom. The fourth-order valence-electron chi connectivity index (χ4n) is 3.15. The molecule has 0 spiro atoms. The molecule has 21 heavy (non-hydrogen) atoms. The Bertz CT molecular complexity index is 636. The van der Waals surface area contributed by atoms with Gasteiger partial charge in [0, 0.05) is 32.2 Å². The molecular formula is C16H23ClN4. The summed E-state index contributed by atoms with van der Waals surface area (Å²) in [7, 11) is 4.40. The van der Waals surface area contributed by atoms with Crippen LogP contribution in [-0.2, 0) is 12.4 Å². The number of piperazine rings is 1. The number of fused-ring (bicyclic) bond motifs is 1. The lowest BCUT2D eigenvalue weighted by Gasteiger charge is -2.38. The smallest absolute Gasteiger partial charge is 0.124 e. The SMILES string of the molecule is Cc1cccc2c1nc(CCl)n2CC1CN(C)CCN1C. The maximum absolute atomic E-state index is 6.13. The fraction of sp³-hybridized carbons (Fsp3) is 0.562. The zero-order chi connectivity index (χ0) is 15.0. The number of hydrogen-bond acceptors (Lipinski definition) is 3. The minimum Gasteiger partial charge on any atom is -0.325 e. The standard InChI is InChI=1S/C16H23ClN4/c1-12-5-4-6-14-16(12)18-15(9-17)21(14)11-13-10-19(2)7-8-20(13)3/h4-6,13H,7-11H2,1-3H3. The van der Waals surface area contributed by atoms with E-state index in [1.807, 2.05) is 0 Å². The van der Waals surface area contributed by atoms with Gasteiger partial charge in [0.2, 0.25) is 0 Å². The van der Waals surface area contributed by atoms with E-state index in [0.29, 0.717) is 11.9 Å². The van der Waals surface area contributed by atoms with Crippen molar-refractivity contribution in [3.8, 4) is 0 Å². The van der Waals surface area contributed by atoms with Gasteiger partial charge in [-0.2, -0.15) is 0 Å². The minimum atomic E-state index is 0.459. The molecule has 0 N–H and O–H groups in total. The fourth-order valence-corrected chi connectivity index (χ4v) is 3.35. The highest BCUT2D eigenvalue weighted by atomic mass is 35.5. The van der Waals surface area contributed by atoms with Crippen LogP contribution in [0.15, 0.2) is 18.2 Å². The van der Waals surface area contributed by atoms with Gasteiger partial charge in [0.1, 0.15) is 5.82 Å². The second kappa shape index (κ2) is 5.95. The van der Waals surface area contributed by atoms with Crippen molar-refractivity contribution in [1.82, 2.24) is 19.4 Å². The van der Waals surface area contributed by atoms with E-state index >= 15 is 0 Å². The van der Waals surface area contributed by atoms with Crippen molar-refractivity contribution in [2.75, 3.05) is 33.7 Å². The summed E-state index contributed by atoms with van der Waals surface area (Å²) in [6, 6.07) is 6.87. The van der Waals surface area contributed by atoms with Crippen molar-refractivity contribution in [1.29, 1.82) is 0 Å². The minimum absolute atomic E-state index is 0.459. The van der Waals surface area contributed by atoms with Gasteiger partial charge in [-0.3, -0.25) is 4.90 Å². The van der Waals surface area contributed by atoms with Crippen molar-refractivity contribution < 1.29 is 0 Å². The Kier molecular flexibility index (Phi) is 4.20. The van der Waals surface area contributed by atoms with E-state index < -0.39 is 0 Å². The predicted octanol–water partition coefficient (Wildman–Crippen LogP) is 2.33. The maximum atomic E-state index is 6.13. The van der Waals surface area contributed by atoms with E-state index in [0.717, 1.165) is 37.5 Å². The van der Waals surface area contributed by atoms with Gasteiger partial charge in [0.05, 0.1) is 16.9 Å². The molecule has 0 aliphatic carbocycles. The molecule has 1 atom stereocenters. The summed E-state index contributed by atoms with van der Waals surface area (Å²) in [5.74, 6) is 1.43. The highest BCUT2D eigenvalue weighted by molar-refractivity contribution is 6.16. The summed E-state index contributed by atoms with van der Waals surface area (Å²) >= 11 is 6.13. The maximum Gasteiger partial charge on any atom is 0.124 e. The number of nitrogens with zero attached hydrogens (tertiary/aromatic N) is 4. The average Bonchev–Trinajstić information content (AvgIpc) is 2.82. The van der Waals surface area contributed by atoms with Gasteiger partial charge in [0.15, 0.2) is 0 Å². The molecule has 1 aromatic heterocycles. The number of likely N-dealkylation sites (N-methyl/N-ethyl adjacent to an activating group) is 2. The van der Waals surface area contributed by atoms with E-state index in [-0.39, 0.29) is 0 Å². The first-order valence-electron chi connectivity index (χ1n) is 7.49. The van der Waals surface area contributed by atoms with Crippen LogP contribution in [0.1, 0.15) is 11.4 Å². The molecule has 3 rings (SSSR count). The molecule has 4 nitrogen and oxygen atoms in total. The second-order valence-corrected chi connectivity index (χ2v) is 6.38. The summed E-state index contributed by atoms with van der Waals surface area (Å²) in [5.41, 5.74) is 3.50. The molecule has 1 fully saturated rings. The molecule has 1 aliphatic heterocycles. The van der Waals surface area contributed by atoms with E-state index in [1.54, 1.807) is 0 Å². The van der Waals surface area contributed by atoms with Crippen molar-refractivity contribution in [2.45, 2.75) is 25.4 Å². The van der Waals surface area contributed by atoms with Crippen molar-refractivity contribution in [2.24, 2.45) is 0 Å². The molecule has 0 amide bonds. The van der Waals surface area contributed by atoms with Crippen LogP contribution in [0.2, 0.25) is 0 Å². The molecule has 1 unspecified atom stereocenters. The number of rotatable bonds is 3. The van der Waals surface area contributed by atoms with Crippen LogP contribution in [0.4, 0.5) is 0 Å². The lowest BCUT2D eigenvalue weighted by atomic mass is 10.1. The number of imidazole rings is 1. The largest absolute Gasteiger partial charge is 0.325 e. The van der Waals surface area contributed by atoms with Gasteiger partial charge in [-0.25, -0.2) is 4.98 Å². The van der Waals surface area contributed by atoms with E-state index in [4.69, 9.17) is 16.6 Å². The highest BCUT2D eigenvalue weighted by Crippen LogP contribution is 2.22. The third-order valence-corrected chi connectivity index (χ3v) is 4.79. The normalized spacial score (nSPS) is 21.2. The van der Waals surface area contributed by atoms with Gasteiger partial charge >= 0.3 is 0 Å². The van der Waals surface area contributed by atoms with Crippen molar-refractivity contribution in [3.05, 3.63) is 29.6 Å². The lowest BCUT2D eigenvalue weighted by molar-refractivity contribution is 0.103. The molecule has 1 saturated heterocycles. The molecular weight excluding hydrogens is 284 g/mol. The van der Waals surface area contributed by atoms with Crippen LogP contribution in [0.3, 0.4) is 0 Å². The second-order valence-electron chi connectivity index (χ2n) is 6.11. The molecule has 114 valence electrons. The average molecular weight is 307 g/mol. The quantitative estimate of drug-likeness (QED) is 0.814. The molecule has 2 heterocycles. The van der Waals surface area contributed by atoms with E-state index in [9.17, 15) is 0 Å². The third-order valence-electron chi connectivity index (χ3n) is 4.55. The van der Waals surface area contributed by atoms with Gasteiger partial charge in [-0.15, -0.1) is 11.6 Å². The van der Waals surface area contributed by atoms with Crippen LogP contribution >= 0.6 is 11.6 Å². The summed E-state index contributed by atoms with van der Waals surface area (Å²) in [6.45, 7) is 6.40. The Morgan fingerprint density at radius 2 is 2.10 bits per heavy atom. The molecule has 1 aromatic carbocycles. The van der Waals surface area contributed by atoms with Crippen LogP contribution in [0.5, 0.6) is 0 Å². The number of halogens is 1. The molecule has 5 heteroatoms. The number of hydrogen-bond donors (Lipinski definition) is 0. The van der Waals surface area contributed by atoms with Crippen molar-refractivity contribution in [3.63, 3.8) is 0 Å². The topological polar surface area (TPSA) is 24.3 Å². The zero-order valence-corrected chi connectivity index (χ0v) is 13.8. The van der Waals surface area contributed by atoms with Gasteiger partial charge in [-0.1, -0.05) is 12.1 Å². The Balaban J connectivity index is 1.97. The summed E-state index contributed by atoms with van der Waals surface area (Å²) in [4.78, 5) is 9.58.